The van der Waals surface area contributed by atoms with Crippen molar-refractivity contribution in [2.45, 2.75) is 85.2 Å². The molecule has 1 unspecified atom stereocenters. The molecule has 1 aliphatic rings. The number of aryl methyl sites for hydroxylation is 2. The number of hydrogen-bond acceptors (Lipinski definition) is 5. The van der Waals surface area contributed by atoms with Gasteiger partial charge in [0.25, 0.3) is 0 Å². The van der Waals surface area contributed by atoms with Crippen molar-refractivity contribution in [1.29, 1.82) is 0 Å². The topological polar surface area (TPSA) is 61.3 Å². The standard InChI is InChI=1S/C23H34N2O3/c1-6-11-14-27-17-12-13-18(21(26)15-17)22-19(9-4)25-23(20(10-5)24-22)28-16(7-2)8-3/h12-13,15-16,18H,6-11,14H2,1-5H3. The molecule has 1 aliphatic carbocycles. The third-order valence-corrected chi connectivity index (χ3v) is 5.00. The average Bonchev–Trinajstić information content (AvgIpc) is 2.72. The van der Waals surface area contributed by atoms with Crippen LogP contribution in [-0.2, 0) is 22.4 Å². The molecule has 0 N–H and O–H groups in total. The molecule has 0 fully saturated rings. The highest BCUT2D eigenvalue weighted by Gasteiger charge is 2.26. The van der Waals surface area contributed by atoms with Gasteiger partial charge in [0.15, 0.2) is 5.78 Å². The zero-order chi connectivity index (χ0) is 20.5. The Bertz CT molecular complexity index is 721. The van der Waals surface area contributed by atoms with E-state index in [2.05, 4.69) is 20.8 Å². The number of unbranched alkanes of at least 4 members (excludes halogenated alkanes) is 1. The average molecular weight is 387 g/mol. The van der Waals surface area contributed by atoms with Gasteiger partial charge in [-0.05, 0) is 38.2 Å². The number of allylic oxidation sites excluding steroid dienone is 3. The first kappa shape index (κ1) is 22.1. The van der Waals surface area contributed by atoms with E-state index < -0.39 is 5.92 Å². The number of nitrogens with zero attached hydrogens (tertiary/aromatic N) is 2. The van der Waals surface area contributed by atoms with Crippen LogP contribution in [0.1, 0.15) is 83.3 Å². The molecule has 28 heavy (non-hydrogen) atoms. The highest BCUT2D eigenvalue weighted by molar-refractivity contribution is 5.98. The van der Waals surface area contributed by atoms with E-state index in [1.54, 1.807) is 6.08 Å². The molecule has 0 radical (unpaired) electrons. The SMILES string of the molecule is CCCCOC1=CC(=O)C(c2nc(CC)c(OC(CC)CC)nc2CC)C=C1. The van der Waals surface area contributed by atoms with Gasteiger partial charge in [-0.2, -0.15) is 0 Å². The summed E-state index contributed by atoms with van der Waals surface area (Å²) in [5, 5.41) is 0. The minimum atomic E-state index is -0.409. The molecule has 0 bridgehead atoms. The molecule has 5 nitrogen and oxygen atoms in total. The fourth-order valence-corrected chi connectivity index (χ4v) is 3.16. The number of carbonyl (C=O) groups is 1. The Morgan fingerprint density at radius 2 is 1.75 bits per heavy atom. The summed E-state index contributed by atoms with van der Waals surface area (Å²) in [6.07, 6.45) is 10.8. The third kappa shape index (κ3) is 5.43. The summed E-state index contributed by atoms with van der Waals surface area (Å²) in [6, 6.07) is 0. The predicted molar refractivity (Wildman–Crippen MR) is 112 cm³/mol. The summed E-state index contributed by atoms with van der Waals surface area (Å²) in [5.41, 5.74) is 2.38. The van der Waals surface area contributed by atoms with Crippen LogP contribution in [0.4, 0.5) is 0 Å². The van der Waals surface area contributed by atoms with Crippen LogP contribution in [0.25, 0.3) is 0 Å². The maximum Gasteiger partial charge on any atom is 0.236 e. The molecule has 0 saturated heterocycles. The van der Waals surface area contributed by atoms with Gasteiger partial charge in [-0.3, -0.25) is 4.79 Å². The van der Waals surface area contributed by atoms with Crippen LogP contribution in [0.15, 0.2) is 24.0 Å². The van der Waals surface area contributed by atoms with Gasteiger partial charge in [-0.25, -0.2) is 9.97 Å². The molecular weight excluding hydrogens is 352 g/mol. The van der Waals surface area contributed by atoms with Gasteiger partial charge in [-0.15, -0.1) is 0 Å². The molecule has 1 aromatic heterocycles. The maximum atomic E-state index is 12.8. The Morgan fingerprint density at radius 1 is 1.04 bits per heavy atom. The second-order valence-electron chi connectivity index (χ2n) is 7.06. The summed E-state index contributed by atoms with van der Waals surface area (Å²) in [4.78, 5) is 22.3. The van der Waals surface area contributed by atoms with Gasteiger partial charge in [0.05, 0.1) is 30.0 Å². The summed E-state index contributed by atoms with van der Waals surface area (Å²) < 4.78 is 11.8. The smallest absolute Gasteiger partial charge is 0.236 e. The molecule has 2 rings (SSSR count). The van der Waals surface area contributed by atoms with Crippen molar-refractivity contribution in [2.24, 2.45) is 0 Å². The second-order valence-corrected chi connectivity index (χ2v) is 7.06. The number of aromatic nitrogens is 2. The van der Waals surface area contributed by atoms with E-state index in [-0.39, 0.29) is 11.9 Å². The Hall–Kier alpha value is -2.17. The minimum absolute atomic E-state index is 0.00582. The third-order valence-electron chi connectivity index (χ3n) is 5.00. The van der Waals surface area contributed by atoms with E-state index in [0.29, 0.717) is 31.1 Å². The monoisotopic (exact) mass is 386 g/mol. The summed E-state index contributed by atoms with van der Waals surface area (Å²) in [5.74, 6) is 0.829. The van der Waals surface area contributed by atoms with E-state index in [4.69, 9.17) is 19.4 Å². The molecule has 0 spiro atoms. The van der Waals surface area contributed by atoms with Crippen LogP contribution in [0.2, 0.25) is 0 Å². The van der Waals surface area contributed by atoms with Gasteiger partial charge in [0, 0.05) is 6.08 Å². The molecule has 0 amide bonds. The van der Waals surface area contributed by atoms with Crippen LogP contribution in [-0.4, -0.2) is 28.5 Å². The number of hydrogen-bond donors (Lipinski definition) is 0. The van der Waals surface area contributed by atoms with Crippen molar-refractivity contribution in [1.82, 2.24) is 9.97 Å². The molecular formula is C23H34N2O3. The van der Waals surface area contributed by atoms with E-state index in [1.165, 1.54) is 0 Å². The van der Waals surface area contributed by atoms with Gasteiger partial charge < -0.3 is 9.47 Å². The van der Waals surface area contributed by atoms with Crippen LogP contribution in [0.3, 0.4) is 0 Å². The Labute approximate surface area is 169 Å². The highest BCUT2D eigenvalue weighted by Crippen LogP contribution is 2.29. The Morgan fingerprint density at radius 3 is 2.32 bits per heavy atom. The van der Waals surface area contributed by atoms with E-state index in [0.717, 1.165) is 42.8 Å². The number of ether oxygens (including phenoxy) is 2. The quantitative estimate of drug-likeness (QED) is 0.496. The molecule has 154 valence electrons. The normalized spacial score (nSPS) is 16.4. The maximum absolute atomic E-state index is 12.8. The van der Waals surface area contributed by atoms with Crippen LogP contribution in [0, 0.1) is 0 Å². The van der Waals surface area contributed by atoms with E-state index in [1.807, 2.05) is 26.0 Å². The lowest BCUT2D eigenvalue weighted by molar-refractivity contribution is -0.115. The Kier molecular flexibility index (Phi) is 8.68. The van der Waals surface area contributed by atoms with Crippen molar-refractivity contribution in [3.63, 3.8) is 0 Å². The number of carbonyl (C=O) groups excluding carboxylic acids is 1. The van der Waals surface area contributed by atoms with Gasteiger partial charge in [0.1, 0.15) is 11.5 Å². The largest absolute Gasteiger partial charge is 0.493 e. The van der Waals surface area contributed by atoms with Crippen molar-refractivity contribution in [3.05, 3.63) is 41.1 Å². The second kappa shape index (κ2) is 11.0. The van der Waals surface area contributed by atoms with Gasteiger partial charge >= 0.3 is 0 Å². The first-order valence-corrected chi connectivity index (χ1v) is 10.7. The summed E-state index contributed by atoms with van der Waals surface area (Å²) in [7, 11) is 0. The van der Waals surface area contributed by atoms with Crippen LogP contribution < -0.4 is 4.74 Å². The molecule has 1 heterocycles. The fourth-order valence-electron chi connectivity index (χ4n) is 3.16. The van der Waals surface area contributed by atoms with E-state index >= 15 is 0 Å². The number of ketones is 1. The molecule has 1 atom stereocenters. The molecule has 0 aliphatic heterocycles. The lowest BCUT2D eigenvalue weighted by Gasteiger charge is -2.21. The highest BCUT2D eigenvalue weighted by atomic mass is 16.5. The van der Waals surface area contributed by atoms with Gasteiger partial charge in [0.2, 0.25) is 5.88 Å². The predicted octanol–water partition coefficient (Wildman–Crippen LogP) is 5.09. The van der Waals surface area contributed by atoms with E-state index in [9.17, 15) is 4.79 Å². The fraction of sp³-hybridized carbons (Fsp3) is 0.609. The lowest BCUT2D eigenvalue weighted by atomic mass is 9.92. The van der Waals surface area contributed by atoms with Gasteiger partial charge in [-0.1, -0.05) is 47.1 Å². The zero-order valence-electron chi connectivity index (χ0n) is 18.0. The summed E-state index contributed by atoms with van der Waals surface area (Å²) >= 11 is 0. The van der Waals surface area contributed by atoms with Crippen LogP contribution >= 0.6 is 0 Å². The van der Waals surface area contributed by atoms with Crippen LogP contribution in [0.5, 0.6) is 5.88 Å². The van der Waals surface area contributed by atoms with Crippen molar-refractivity contribution < 1.29 is 14.3 Å². The zero-order valence-corrected chi connectivity index (χ0v) is 18.0. The first-order chi connectivity index (χ1) is 13.6. The lowest BCUT2D eigenvalue weighted by Crippen LogP contribution is -2.21. The molecule has 1 aromatic rings. The molecule has 0 saturated carbocycles. The van der Waals surface area contributed by atoms with Crippen molar-refractivity contribution >= 4 is 5.78 Å². The van der Waals surface area contributed by atoms with Crippen molar-refractivity contribution in [3.8, 4) is 5.88 Å². The summed E-state index contributed by atoms with van der Waals surface area (Å²) in [6.45, 7) is 11.0. The minimum Gasteiger partial charge on any atom is -0.493 e. The van der Waals surface area contributed by atoms with Crippen molar-refractivity contribution in [2.75, 3.05) is 6.61 Å². The Balaban J connectivity index is 2.28. The number of rotatable bonds is 11. The molecule has 0 aromatic carbocycles. The first-order valence-electron chi connectivity index (χ1n) is 10.7. The molecule has 5 heteroatoms.